The van der Waals surface area contributed by atoms with Crippen molar-refractivity contribution in [2.75, 3.05) is 13.1 Å². The molecule has 2 aliphatic rings. The molecule has 2 aromatic rings. The third kappa shape index (κ3) is 2.62. The van der Waals surface area contributed by atoms with Gasteiger partial charge in [0.2, 0.25) is 0 Å². The van der Waals surface area contributed by atoms with Gasteiger partial charge in [0.05, 0.1) is 12.0 Å². The van der Waals surface area contributed by atoms with Gasteiger partial charge in [-0.1, -0.05) is 0 Å². The molecule has 0 saturated heterocycles. The number of amidine groups is 1. The second kappa shape index (κ2) is 5.98. The summed E-state index contributed by atoms with van der Waals surface area (Å²) in [7, 11) is 0. The molecule has 124 valence electrons. The van der Waals surface area contributed by atoms with Crippen molar-refractivity contribution >= 4 is 17.9 Å². The van der Waals surface area contributed by atoms with E-state index < -0.39 is 22.9 Å². The molecule has 0 aromatic heterocycles. The summed E-state index contributed by atoms with van der Waals surface area (Å²) in [4.78, 5) is 10.8. The maximum Gasteiger partial charge on any atom is 0.183 e. The Balaban J connectivity index is 1.76. The third-order valence-corrected chi connectivity index (χ3v) is 4.03. The van der Waals surface area contributed by atoms with E-state index in [-0.39, 0.29) is 5.75 Å². The number of nitrogens with zero attached hydrogens (tertiary/aromatic N) is 4. The van der Waals surface area contributed by atoms with Crippen LogP contribution >= 0.6 is 0 Å². The fourth-order valence-electron chi connectivity index (χ4n) is 2.83. The highest BCUT2D eigenvalue weighted by Crippen LogP contribution is 2.34. The first-order valence-corrected chi connectivity index (χ1v) is 7.73. The average molecular weight is 338 g/mol. The third-order valence-electron chi connectivity index (χ3n) is 4.03. The number of rotatable bonds is 2. The highest BCUT2D eigenvalue weighted by atomic mass is 19.1. The number of nitriles is 1. The summed E-state index contributed by atoms with van der Waals surface area (Å²) in [5.41, 5.74) is 1.02. The summed E-state index contributed by atoms with van der Waals surface area (Å²) in [5, 5.41) is 9.07. The molecule has 4 rings (SSSR count). The predicted octanol–water partition coefficient (Wildman–Crippen LogP) is 3.75. The van der Waals surface area contributed by atoms with Crippen molar-refractivity contribution in [3.05, 3.63) is 53.1 Å². The first-order valence-electron chi connectivity index (χ1n) is 7.73. The van der Waals surface area contributed by atoms with Gasteiger partial charge >= 0.3 is 0 Å². The van der Waals surface area contributed by atoms with Crippen LogP contribution in [0, 0.1) is 23.0 Å². The summed E-state index contributed by atoms with van der Waals surface area (Å²) in [5.74, 6) is -0.995. The zero-order valence-electron chi connectivity index (χ0n) is 13.0. The Bertz CT molecular complexity index is 962. The lowest BCUT2D eigenvalue weighted by molar-refractivity contribution is 0.434. The molecule has 2 aromatic carbocycles. The van der Waals surface area contributed by atoms with Crippen LogP contribution < -0.4 is 4.74 Å². The number of halogens is 2. The van der Waals surface area contributed by atoms with E-state index in [2.05, 4.69) is 9.98 Å². The molecule has 7 heteroatoms. The van der Waals surface area contributed by atoms with Crippen molar-refractivity contribution in [2.24, 2.45) is 9.98 Å². The quantitative estimate of drug-likeness (QED) is 0.838. The topological polar surface area (TPSA) is 61.0 Å². The molecular weight excluding hydrogens is 326 g/mol. The maximum atomic E-state index is 14.0. The standard InChI is InChI=1S/C18H12F2N4O/c19-14-3-4-15(20)17(13(14)9-21)25-11-2-5-16-12(8-11)18-22-6-1-7-24(18)10-23-16/h2-5,8,10H,1,6-7H2. The van der Waals surface area contributed by atoms with Gasteiger partial charge in [0, 0.05) is 18.7 Å². The molecule has 0 spiro atoms. The molecule has 2 heterocycles. The van der Waals surface area contributed by atoms with Gasteiger partial charge in [0.25, 0.3) is 0 Å². The lowest BCUT2D eigenvalue weighted by atomic mass is 10.1. The van der Waals surface area contributed by atoms with Gasteiger partial charge in [0.15, 0.2) is 11.6 Å². The SMILES string of the molecule is N#Cc1c(F)ccc(F)c1Oc1ccc2c(c1)C1=NCCCN1C=N2. The van der Waals surface area contributed by atoms with Crippen molar-refractivity contribution < 1.29 is 13.5 Å². The largest absolute Gasteiger partial charge is 0.453 e. The van der Waals surface area contributed by atoms with Crippen LogP contribution in [-0.2, 0) is 0 Å². The predicted molar refractivity (Wildman–Crippen MR) is 88.5 cm³/mol. The fourth-order valence-corrected chi connectivity index (χ4v) is 2.83. The van der Waals surface area contributed by atoms with Crippen molar-refractivity contribution in [2.45, 2.75) is 6.42 Å². The number of hydrogen-bond acceptors (Lipinski definition) is 5. The first-order chi connectivity index (χ1) is 12.2. The molecule has 5 nitrogen and oxygen atoms in total. The highest BCUT2D eigenvalue weighted by molar-refractivity contribution is 6.11. The van der Waals surface area contributed by atoms with Gasteiger partial charge in [-0.3, -0.25) is 4.99 Å². The Labute approximate surface area is 142 Å². The van der Waals surface area contributed by atoms with Crippen LogP contribution in [0.15, 0.2) is 40.3 Å². The van der Waals surface area contributed by atoms with Crippen molar-refractivity contribution in [1.82, 2.24) is 4.90 Å². The molecule has 0 amide bonds. The van der Waals surface area contributed by atoms with E-state index in [1.54, 1.807) is 30.6 Å². The summed E-state index contributed by atoms with van der Waals surface area (Å²) >= 11 is 0. The molecule has 0 saturated carbocycles. The lowest BCUT2D eigenvalue weighted by Gasteiger charge is -2.29. The normalized spacial score (nSPS) is 15.1. The Morgan fingerprint density at radius 3 is 2.84 bits per heavy atom. The van der Waals surface area contributed by atoms with E-state index in [0.717, 1.165) is 48.7 Å². The number of aliphatic imine (C=N–C) groups is 2. The summed E-state index contributed by atoms with van der Waals surface area (Å²) in [6.07, 6.45) is 2.68. The molecule has 0 radical (unpaired) electrons. The van der Waals surface area contributed by atoms with Crippen LogP contribution in [0.2, 0.25) is 0 Å². The Hall–Kier alpha value is -3.27. The fraction of sp³-hybridized carbons (Fsp3) is 0.167. The van der Waals surface area contributed by atoms with Gasteiger partial charge in [-0.2, -0.15) is 5.26 Å². The van der Waals surface area contributed by atoms with Gasteiger partial charge in [0.1, 0.15) is 29.0 Å². The van der Waals surface area contributed by atoms with Crippen molar-refractivity contribution in [3.63, 3.8) is 0 Å². The minimum atomic E-state index is -0.829. The van der Waals surface area contributed by atoms with Gasteiger partial charge in [-0.05, 0) is 36.8 Å². The van der Waals surface area contributed by atoms with Crippen LogP contribution in [0.4, 0.5) is 14.5 Å². The van der Waals surface area contributed by atoms with Gasteiger partial charge < -0.3 is 9.64 Å². The number of fused-ring (bicyclic) bond motifs is 3. The molecule has 2 aliphatic heterocycles. The smallest absolute Gasteiger partial charge is 0.183 e. The van der Waals surface area contributed by atoms with E-state index in [1.165, 1.54) is 0 Å². The molecule has 25 heavy (non-hydrogen) atoms. The minimum Gasteiger partial charge on any atom is -0.453 e. The molecular formula is C18H12F2N4O. The van der Waals surface area contributed by atoms with Gasteiger partial charge in [-0.25, -0.2) is 13.8 Å². The Kier molecular flexibility index (Phi) is 3.65. The number of benzene rings is 2. The van der Waals surface area contributed by atoms with Crippen LogP contribution in [-0.4, -0.2) is 30.2 Å². The second-order valence-corrected chi connectivity index (χ2v) is 5.62. The minimum absolute atomic E-state index is 0.282. The Morgan fingerprint density at radius 2 is 2.00 bits per heavy atom. The number of ether oxygens (including phenoxy) is 1. The highest BCUT2D eigenvalue weighted by Gasteiger charge is 2.23. The van der Waals surface area contributed by atoms with Crippen LogP contribution in [0.25, 0.3) is 0 Å². The molecule has 0 aliphatic carbocycles. The van der Waals surface area contributed by atoms with E-state index >= 15 is 0 Å². The van der Waals surface area contributed by atoms with E-state index in [9.17, 15) is 8.78 Å². The first kappa shape index (κ1) is 15.3. The molecule has 0 atom stereocenters. The maximum absolute atomic E-state index is 14.0. The Morgan fingerprint density at radius 1 is 1.16 bits per heavy atom. The van der Waals surface area contributed by atoms with Crippen LogP contribution in [0.1, 0.15) is 17.5 Å². The monoisotopic (exact) mass is 338 g/mol. The second-order valence-electron chi connectivity index (χ2n) is 5.62. The zero-order valence-corrected chi connectivity index (χ0v) is 13.0. The van der Waals surface area contributed by atoms with Gasteiger partial charge in [-0.15, -0.1) is 0 Å². The molecule has 0 fully saturated rings. The van der Waals surface area contributed by atoms with E-state index in [4.69, 9.17) is 10.00 Å². The van der Waals surface area contributed by atoms with Crippen LogP contribution in [0.3, 0.4) is 0 Å². The van der Waals surface area contributed by atoms with Crippen LogP contribution in [0.5, 0.6) is 11.5 Å². The zero-order chi connectivity index (χ0) is 17.4. The molecule has 0 N–H and O–H groups in total. The summed E-state index contributed by atoms with van der Waals surface area (Å²) < 4.78 is 33.2. The molecule has 0 unspecified atom stereocenters. The molecule has 0 bridgehead atoms. The van der Waals surface area contributed by atoms with E-state index in [1.807, 2.05) is 4.90 Å². The lowest BCUT2D eigenvalue weighted by Crippen LogP contribution is -2.36. The number of hydrogen-bond donors (Lipinski definition) is 0. The van der Waals surface area contributed by atoms with Crippen molar-refractivity contribution in [1.29, 1.82) is 5.26 Å². The van der Waals surface area contributed by atoms with Crippen molar-refractivity contribution in [3.8, 4) is 17.6 Å². The summed E-state index contributed by atoms with van der Waals surface area (Å²) in [6, 6.07) is 8.46. The summed E-state index contributed by atoms with van der Waals surface area (Å²) in [6.45, 7) is 1.55. The van der Waals surface area contributed by atoms with E-state index in [0.29, 0.717) is 0 Å². The average Bonchev–Trinajstić information content (AvgIpc) is 2.65.